The molecule has 0 heterocycles. The maximum atomic E-state index is 4.32. The molecule has 3 N–H and O–H groups in total. The van der Waals surface area contributed by atoms with Crippen molar-refractivity contribution in [2.24, 2.45) is 23.7 Å². The third-order valence-corrected chi connectivity index (χ3v) is 4.39. The van der Waals surface area contributed by atoms with Gasteiger partial charge in [-0.1, -0.05) is 0 Å². The molecule has 70 valence electrons. The fourth-order valence-electron chi connectivity index (χ4n) is 4.11. The highest BCUT2D eigenvalue weighted by Crippen LogP contribution is 2.54. The second kappa shape index (κ2) is 2.88. The molecule has 0 aliphatic heterocycles. The lowest BCUT2D eigenvalue weighted by Crippen LogP contribution is -3.00. The second-order valence-electron chi connectivity index (χ2n) is 5.09. The van der Waals surface area contributed by atoms with Crippen molar-refractivity contribution < 1.29 is 18.1 Å². The molecule has 3 aliphatic rings. The molecule has 0 saturated heterocycles. The normalized spacial score (nSPS) is 55.2. The molecule has 3 bridgehead atoms. The van der Waals surface area contributed by atoms with E-state index in [4.69, 9.17) is 0 Å². The van der Waals surface area contributed by atoms with Gasteiger partial charge in [0, 0.05) is 12.3 Å². The van der Waals surface area contributed by atoms with E-state index >= 15 is 0 Å². The Bertz CT molecular complexity index is 178. The first-order valence-corrected chi connectivity index (χ1v) is 5.16. The molecule has 3 saturated carbocycles. The van der Waals surface area contributed by atoms with Crippen molar-refractivity contribution in [3.05, 3.63) is 0 Å². The molecule has 0 aromatic rings. The van der Waals surface area contributed by atoms with E-state index in [0.29, 0.717) is 0 Å². The zero-order valence-corrected chi connectivity index (χ0v) is 8.26. The first kappa shape index (κ1) is 8.83. The van der Waals surface area contributed by atoms with Gasteiger partial charge in [-0.3, -0.25) is 0 Å². The van der Waals surface area contributed by atoms with Gasteiger partial charge < -0.3 is 18.1 Å². The SMILES string of the molecule is [Cl-].[NH3+]C1CC2CC3CC(C2)C1C3. The van der Waals surface area contributed by atoms with Crippen LogP contribution in [0, 0.1) is 23.7 Å². The van der Waals surface area contributed by atoms with Crippen LogP contribution in [0.1, 0.15) is 32.1 Å². The topological polar surface area (TPSA) is 27.6 Å². The molecular formula is C10H18ClN. The quantitative estimate of drug-likeness (QED) is 0.457. The van der Waals surface area contributed by atoms with Crippen LogP contribution in [-0.2, 0) is 0 Å². The highest BCUT2D eigenvalue weighted by molar-refractivity contribution is 4.98. The summed E-state index contributed by atoms with van der Waals surface area (Å²) in [7, 11) is 0. The smallest absolute Gasteiger partial charge is 0.0877 e. The first-order chi connectivity index (χ1) is 5.33. The van der Waals surface area contributed by atoms with Gasteiger partial charge in [0.05, 0.1) is 6.04 Å². The summed E-state index contributed by atoms with van der Waals surface area (Å²) < 4.78 is 0. The number of quaternary nitrogens is 1. The minimum Gasteiger partial charge on any atom is -1.00 e. The Morgan fingerprint density at radius 2 is 1.50 bits per heavy atom. The van der Waals surface area contributed by atoms with Crippen LogP contribution in [0.4, 0.5) is 0 Å². The van der Waals surface area contributed by atoms with E-state index in [-0.39, 0.29) is 12.4 Å². The molecule has 1 nitrogen and oxygen atoms in total. The summed E-state index contributed by atoms with van der Waals surface area (Å²) in [4.78, 5) is 0. The van der Waals surface area contributed by atoms with Gasteiger partial charge in [-0.25, -0.2) is 0 Å². The van der Waals surface area contributed by atoms with Crippen LogP contribution in [-0.4, -0.2) is 6.04 Å². The number of hydrogen-bond acceptors (Lipinski definition) is 0. The summed E-state index contributed by atoms with van der Waals surface area (Å²) in [5.74, 6) is 4.35. The Kier molecular flexibility index (Phi) is 2.12. The third-order valence-electron chi connectivity index (χ3n) is 4.39. The van der Waals surface area contributed by atoms with Crippen molar-refractivity contribution in [1.82, 2.24) is 0 Å². The van der Waals surface area contributed by atoms with E-state index in [1.807, 2.05) is 0 Å². The van der Waals surface area contributed by atoms with Crippen LogP contribution in [0.25, 0.3) is 0 Å². The van der Waals surface area contributed by atoms with Crippen LogP contribution in [0.5, 0.6) is 0 Å². The average molecular weight is 188 g/mol. The van der Waals surface area contributed by atoms with E-state index in [0.717, 1.165) is 29.7 Å². The molecular weight excluding hydrogens is 170 g/mol. The standard InChI is InChI=1S/C10H17N.ClH/c11-10-5-7-1-6-2-8(3-7)9(10)4-6;/h6-10H,1-5,11H2;1H. The number of rotatable bonds is 0. The van der Waals surface area contributed by atoms with Crippen LogP contribution < -0.4 is 18.1 Å². The summed E-state index contributed by atoms with van der Waals surface area (Å²) in [6, 6.07) is 0.825. The monoisotopic (exact) mass is 187 g/mol. The molecule has 0 aromatic heterocycles. The molecule has 3 fully saturated rings. The number of fused-ring (bicyclic) bond motifs is 2. The molecule has 3 rings (SSSR count). The van der Waals surface area contributed by atoms with Crippen molar-refractivity contribution >= 4 is 0 Å². The Labute approximate surface area is 80.5 Å². The average Bonchev–Trinajstić information content (AvgIpc) is 2.19. The first-order valence-electron chi connectivity index (χ1n) is 5.16. The van der Waals surface area contributed by atoms with Crippen LogP contribution >= 0.6 is 0 Å². The van der Waals surface area contributed by atoms with Gasteiger partial charge in [-0.2, -0.15) is 0 Å². The highest BCUT2D eigenvalue weighted by atomic mass is 35.5. The summed E-state index contributed by atoms with van der Waals surface area (Å²) >= 11 is 0. The molecule has 0 spiro atoms. The Morgan fingerprint density at radius 1 is 0.833 bits per heavy atom. The summed E-state index contributed by atoms with van der Waals surface area (Å²) in [6.07, 6.45) is 7.67. The van der Waals surface area contributed by atoms with Gasteiger partial charge in [-0.05, 0) is 43.4 Å². The maximum absolute atomic E-state index is 4.32. The third kappa shape index (κ3) is 1.10. The van der Waals surface area contributed by atoms with E-state index in [1.54, 1.807) is 19.3 Å². The molecule has 0 radical (unpaired) electrons. The Hall–Kier alpha value is 0.250. The molecule has 5 unspecified atom stereocenters. The molecule has 12 heavy (non-hydrogen) atoms. The summed E-state index contributed by atoms with van der Waals surface area (Å²) in [6.45, 7) is 0. The van der Waals surface area contributed by atoms with Crippen LogP contribution in [0.2, 0.25) is 0 Å². The van der Waals surface area contributed by atoms with Gasteiger partial charge in [0.2, 0.25) is 0 Å². The maximum Gasteiger partial charge on any atom is 0.0877 e. The lowest BCUT2D eigenvalue weighted by Gasteiger charge is -2.35. The summed E-state index contributed by atoms with van der Waals surface area (Å²) in [5, 5.41) is 0. The van der Waals surface area contributed by atoms with Crippen LogP contribution in [0.3, 0.4) is 0 Å². The van der Waals surface area contributed by atoms with Crippen molar-refractivity contribution in [2.45, 2.75) is 38.1 Å². The van der Waals surface area contributed by atoms with E-state index in [2.05, 4.69) is 5.73 Å². The number of halogens is 1. The molecule has 5 atom stereocenters. The molecule has 0 aromatic carbocycles. The zero-order chi connectivity index (χ0) is 7.42. The Morgan fingerprint density at radius 3 is 2.25 bits per heavy atom. The van der Waals surface area contributed by atoms with Gasteiger partial charge in [-0.15, -0.1) is 0 Å². The fraction of sp³-hybridized carbons (Fsp3) is 1.00. The van der Waals surface area contributed by atoms with Gasteiger partial charge in [0.25, 0.3) is 0 Å². The van der Waals surface area contributed by atoms with Gasteiger partial charge >= 0.3 is 0 Å². The minimum absolute atomic E-state index is 0. The van der Waals surface area contributed by atoms with Crippen molar-refractivity contribution in [3.63, 3.8) is 0 Å². The van der Waals surface area contributed by atoms with Crippen molar-refractivity contribution in [3.8, 4) is 0 Å². The number of hydrogen-bond donors (Lipinski definition) is 1. The van der Waals surface area contributed by atoms with E-state index in [1.165, 1.54) is 12.8 Å². The van der Waals surface area contributed by atoms with Crippen LogP contribution in [0.15, 0.2) is 0 Å². The predicted molar refractivity (Wildman–Crippen MR) is 43.7 cm³/mol. The molecule has 2 heteroatoms. The van der Waals surface area contributed by atoms with Crippen molar-refractivity contribution in [1.29, 1.82) is 0 Å². The largest absolute Gasteiger partial charge is 1.00 e. The van der Waals surface area contributed by atoms with Gasteiger partial charge in [0.1, 0.15) is 0 Å². The predicted octanol–water partition coefficient (Wildman–Crippen LogP) is -1.94. The zero-order valence-electron chi connectivity index (χ0n) is 7.51. The van der Waals surface area contributed by atoms with Gasteiger partial charge in [0.15, 0.2) is 0 Å². The summed E-state index contributed by atoms with van der Waals surface area (Å²) in [5.41, 5.74) is 4.32. The second-order valence-corrected chi connectivity index (χ2v) is 5.09. The van der Waals surface area contributed by atoms with E-state index < -0.39 is 0 Å². The lowest BCUT2D eigenvalue weighted by molar-refractivity contribution is -0.442. The van der Waals surface area contributed by atoms with E-state index in [9.17, 15) is 0 Å². The lowest BCUT2D eigenvalue weighted by atomic mass is 9.70. The Balaban J connectivity index is 0.000000563. The molecule has 0 amide bonds. The highest BCUT2D eigenvalue weighted by Gasteiger charge is 2.49. The fourth-order valence-corrected chi connectivity index (χ4v) is 4.11. The van der Waals surface area contributed by atoms with Crippen molar-refractivity contribution in [2.75, 3.05) is 0 Å². The molecule has 3 aliphatic carbocycles. The minimum atomic E-state index is 0.